The molecule has 1 aromatic carbocycles. The molecule has 0 aliphatic carbocycles. The van der Waals surface area contributed by atoms with Gasteiger partial charge in [0.15, 0.2) is 0 Å². The maximum atomic E-state index is 12.2. The fraction of sp³-hybridized carbons (Fsp3) is 0.333. The van der Waals surface area contributed by atoms with Gasteiger partial charge in [-0.15, -0.1) is 0 Å². The van der Waals surface area contributed by atoms with Crippen molar-refractivity contribution in [3.63, 3.8) is 0 Å². The Labute approximate surface area is 128 Å². The number of nitrogens with one attached hydrogen (secondary N) is 2. The second kappa shape index (κ2) is 7.28. The summed E-state index contributed by atoms with van der Waals surface area (Å²) in [6, 6.07) is 9.26. The summed E-state index contributed by atoms with van der Waals surface area (Å²) in [5.41, 5.74) is 4.44. The second-order valence-electron chi connectivity index (χ2n) is 4.99. The van der Waals surface area contributed by atoms with E-state index in [1.807, 2.05) is 24.3 Å². The number of aromatic nitrogens is 1. The summed E-state index contributed by atoms with van der Waals surface area (Å²) >= 11 is 1.77. The van der Waals surface area contributed by atoms with E-state index >= 15 is 0 Å². The van der Waals surface area contributed by atoms with E-state index in [-0.39, 0.29) is 5.91 Å². The van der Waals surface area contributed by atoms with Gasteiger partial charge in [0.2, 0.25) is 0 Å². The quantitative estimate of drug-likeness (QED) is 0.563. The van der Waals surface area contributed by atoms with Crippen molar-refractivity contribution in [2.45, 2.75) is 6.92 Å². The number of anilines is 1. The number of thioether (sulfide) groups is 1. The maximum Gasteiger partial charge on any atom is 0.269 e. The molecule has 1 heterocycles. The molecule has 2 rings (SSSR count). The average molecular weight is 304 g/mol. The smallest absolute Gasteiger partial charge is 0.269 e. The fourth-order valence-corrected chi connectivity index (χ4v) is 2.80. The van der Waals surface area contributed by atoms with E-state index in [0.29, 0.717) is 23.8 Å². The highest BCUT2D eigenvalue weighted by molar-refractivity contribution is 7.98. The number of hydrogen-bond donors (Lipinski definition) is 3. The van der Waals surface area contributed by atoms with Gasteiger partial charge >= 0.3 is 0 Å². The summed E-state index contributed by atoms with van der Waals surface area (Å²) in [5.74, 6) is 6.80. The Bertz CT molecular complexity index is 632. The van der Waals surface area contributed by atoms with Crippen molar-refractivity contribution in [2.24, 2.45) is 11.8 Å². The van der Waals surface area contributed by atoms with Crippen LogP contribution >= 0.6 is 11.8 Å². The van der Waals surface area contributed by atoms with Crippen molar-refractivity contribution < 1.29 is 4.79 Å². The summed E-state index contributed by atoms with van der Waals surface area (Å²) in [7, 11) is 0. The van der Waals surface area contributed by atoms with Gasteiger partial charge in [0.05, 0.1) is 11.2 Å². The van der Waals surface area contributed by atoms with Gasteiger partial charge in [0, 0.05) is 11.9 Å². The molecular formula is C15H20N4OS. The van der Waals surface area contributed by atoms with Crippen LogP contribution in [0.25, 0.3) is 10.9 Å². The first-order valence-corrected chi connectivity index (χ1v) is 8.18. The van der Waals surface area contributed by atoms with Gasteiger partial charge in [-0.1, -0.05) is 25.1 Å². The number of hydrazine groups is 1. The zero-order valence-electron chi connectivity index (χ0n) is 12.2. The molecule has 0 radical (unpaired) electrons. The Morgan fingerprint density at radius 3 is 2.90 bits per heavy atom. The zero-order valence-corrected chi connectivity index (χ0v) is 13.0. The number of carbonyl (C=O) groups is 1. The third-order valence-electron chi connectivity index (χ3n) is 3.17. The van der Waals surface area contributed by atoms with E-state index in [1.54, 1.807) is 17.8 Å². The number of para-hydroxylation sites is 1. The SMILES string of the molecule is CSCC(C)CNC(=O)c1cc(NN)c2ccccc2n1. The van der Waals surface area contributed by atoms with E-state index in [4.69, 9.17) is 5.84 Å². The fourth-order valence-electron chi connectivity index (χ4n) is 2.11. The highest BCUT2D eigenvalue weighted by Crippen LogP contribution is 2.22. The van der Waals surface area contributed by atoms with Gasteiger partial charge < -0.3 is 10.7 Å². The van der Waals surface area contributed by atoms with Crippen molar-refractivity contribution in [3.05, 3.63) is 36.0 Å². The first-order chi connectivity index (χ1) is 10.2. The number of hydrogen-bond acceptors (Lipinski definition) is 5. The predicted molar refractivity (Wildman–Crippen MR) is 89.4 cm³/mol. The van der Waals surface area contributed by atoms with Gasteiger partial charge in [0.25, 0.3) is 5.91 Å². The van der Waals surface area contributed by atoms with Crippen molar-refractivity contribution in [2.75, 3.05) is 24.0 Å². The number of rotatable bonds is 6. The van der Waals surface area contributed by atoms with Crippen LogP contribution in [0, 0.1) is 5.92 Å². The molecule has 0 aliphatic heterocycles. The van der Waals surface area contributed by atoms with Gasteiger partial charge in [-0.05, 0) is 30.1 Å². The third kappa shape index (κ3) is 3.86. The molecule has 1 amide bonds. The molecule has 112 valence electrons. The highest BCUT2D eigenvalue weighted by Gasteiger charge is 2.12. The average Bonchev–Trinajstić information content (AvgIpc) is 2.51. The topological polar surface area (TPSA) is 80.0 Å². The minimum Gasteiger partial charge on any atom is -0.350 e. The summed E-state index contributed by atoms with van der Waals surface area (Å²) < 4.78 is 0. The van der Waals surface area contributed by atoms with E-state index in [2.05, 4.69) is 28.9 Å². The van der Waals surface area contributed by atoms with Crippen LogP contribution in [0.5, 0.6) is 0 Å². The molecule has 1 atom stereocenters. The van der Waals surface area contributed by atoms with E-state index < -0.39 is 0 Å². The van der Waals surface area contributed by atoms with Crippen LogP contribution in [-0.4, -0.2) is 29.4 Å². The highest BCUT2D eigenvalue weighted by atomic mass is 32.2. The van der Waals surface area contributed by atoms with Crippen LogP contribution in [0.2, 0.25) is 0 Å². The Kier molecular flexibility index (Phi) is 5.41. The molecule has 0 bridgehead atoms. The summed E-state index contributed by atoms with van der Waals surface area (Å²) in [5, 5.41) is 3.81. The van der Waals surface area contributed by atoms with E-state index in [1.165, 1.54) is 0 Å². The van der Waals surface area contributed by atoms with Crippen molar-refractivity contribution in [1.29, 1.82) is 0 Å². The Morgan fingerprint density at radius 1 is 1.43 bits per heavy atom. The Balaban J connectivity index is 2.19. The largest absolute Gasteiger partial charge is 0.350 e. The maximum absolute atomic E-state index is 12.2. The molecule has 0 saturated heterocycles. The van der Waals surface area contributed by atoms with Crippen LogP contribution in [0.15, 0.2) is 30.3 Å². The lowest BCUT2D eigenvalue weighted by atomic mass is 10.1. The molecular weight excluding hydrogens is 284 g/mol. The van der Waals surface area contributed by atoms with Crippen molar-refractivity contribution >= 4 is 34.3 Å². The lowest BCUT2D eigenvalue weighted by molar-refractivity contribution is 0.0944. The number of amides is 1. The van der Waals surface area contributed by atoms with Crippen LogP contribution in [-0.2, 0) is 0 Å². The number of pyridine rings is 1. The number of nitrogens with zero attached hydrogens (tertiary/aromatic N) is 1. The molecule has 2 aromatic rings. The lowest BCUT2D eigenvalue weighted by Crippen LogP contribution is -2.30. The number of benzene rings is 1. The molecule has 0 fully saturated rings. The lowest BCUT2D eigenvalue weighted by Gasteiger charge is -2.12. The van der Waals surface area contributed by atoms with Crippen LogP contribution < -0.4 is 16.6 Å². The summed E-state index contributed by atoms with van der Waals surface area (Å²) in [6.45, 7) is 2.75. The molecule has 5 nitrogen and oxygen atoms in total. The molecule has 1 aromatic heterocycles. The van der Waals surface area contributed by atoms with Gasteiger partial charge in [-0.2, -0.15) is 11.8 Å². The summed E-state index contributed by atoms with van der Waals surface area (Å²) in [4.78, 5) is 16.6. The number of nitrogen functional groups attached to an aromatic ring is 1. The van der Waals surface area contributed by atoms with Gasteiger partial charge in [-0.25, -0.2) is 4.98 Å². The zero-order chi connectivity index (χ0) is 15.2. The minimum atomic E-state index is -0.176. The Hall–Kier alpha value is -1.79. The van der Waals surface area contributed by atoms with Crippen LogP contribution in [0.4, 0.5) is 5.69 Å². The predicted octanol–water partition coefficient (Wildman–Crippen LogP) is 2.25. The molecule has 0 aliphatic rings. The molecule has 6 heteroatoms. The van der Waals surface area contributed by atoms with Gasteiger partial charge in [-0.3, -0.25) is 10.6 Å². The standard InChI is InChI=1S/C15H20N4OS/c1-10(9-21-2)8-17-15(20)14-7-13(19-16)11-5-3-4-6-12(11)18-14/h3-7,10H,8-9,16H2,1-2H3,(H,17,20)(H,18,19). The molecule has 21 heavy (non-hydrogen) atoms. The van der Waals surface area contributed by atoms with Crippen LogP contribution in [0.1, 0.15) is 17.4 Å². The van der Waals surface area contributed by atoms with Crippen LogP contribution in [0.3, 0.4) is 0 Å². The molecule has 1 unspecified atom stereocenters. The van der Waals surface area contributed by atoms with E-state index in [9.17, 15) is 4.79 Å². The first kappa shape index (κ1) is 15.6. The normalized spacial score (nSPS) is 12.1. The van der Waals surface area contributed by atoms with Gasteiger partial charge in [0.1, 0.15) is 5.69 Å². The first-order valence-electron chi connectivity index (χ1n) is 6.79. The number of fused-ring (bicyclic) bond motifs is 1. The Morgan fingerprint density at radius 2 is 2.19 bits per heavy atom. The molecule has 0 saturated carbocycles. The monoisotopic (exact) mass is 304 g/mol. The van der Waals surface area contributed by atoms with Crippen molar-refractivity contribution in [3.8, 4) is 0 Å². The van der Waals surface area contributed by atoms with Crippen molar-refractivity contribution in [1.82, 2.24) is 10.3 Å². The molecule has 0 spiro atoms. The second-order valence-corrected chi connectivity index (χ2v) is 5.90. The number of nitrogens with two attached hydrogens (primary N) is 1. The molecule has 4 N–H and O–H groups in total. The van der Waals surface area contributed by atoms with E-state index in [0.717, 1.165) is 16.7 Å². The summed E-state index contributed by atoms with van der Waals surface area (Å²) in [6.07, 6.45) is 2.06. The minimum absolute atomic E-state index is 0.176. The third-order valence-corrected chi connectivity index (χ3v) is 4.07. The number of carbonyl (C=O) groups excluding carboxylic acids is 1.